The molecule has 0 aromatic heterocycles. The zero-order chi connectivity index (χ0) is 31.9. The number of likely N-dealkylation sites (N-methyl/N-ethyl adjacent to an activating group) is 2. The van der Waals surface area contributed by atoms with Gasteiger partial charge in [-0.25, -0.2) is 0 Å². The van der Waals surface area contributed by atoms with Gasteiger partial charge in [0.25, 0.3) is 0 Å². The molecule has 0 N–H and O–H groups in total. The minimum absolute atomic E-state index is 0.348. The monoisotopic (exact) mass is 640 g/mol. The molecular formula is C42H46N2P2. The van der Waals surface area contributed by atoms with Gasteiger partial charge in [-0.2, -0.15) is 0 Å². The van der Waals surface area contributed by atoms with Crippen LogP contribution in [0.25, 0.3) is 0 Å². The van der Waals surface area contributed by atoms with Gasteiger partial charge < -0.3 is 4.90 Å². The number of benzene rings is 4. The van der Waals surface area contributed by atoms with Crippen LogP contribution in [0.4, 0.5) is 0 Å². The fourth-order valence-corrected chi connectivity index (χ4v) is 12.0. The van der Waals surface area contributed by atoms with Crippen LogP contribution in [0.1, 0.15) is 20.3 Å². The first-order chi connectivity index (χ1) is 22.5. The zero-order valence-electron chi connectivity index (χ0n) is 27.6. The largest absolute Gasteiger partial charge is 0.302 e. The maximum Gasteiger partial charge on any atom is 0.0320 e. The van der Waals surface area contributed by atoms with Crippen LogP contribution < -0.4 is 21.2 Å². The summed E-state index contributed by atoms with van der Waals surface area (Å²) in [6, 6.07) is 45.2. The lowest BCUT2D eigenvalue weighted by Crippen LogP contribution is -2.42. The van der Waals surface area contributed by atoms with E-state index in [1.807, 2.05) is 0 Å². The van der Waals surface area contributed by atoms with Crippen molar-refractivity contribution in [1.29, 1.82) is 0 Å². The lowest BCUT2D eigenvalue weighted by molar-refractivity contribution is 0.187. The molecule has 2 aliphatic carbocycles. The van der Waals surface area contributed by atoms with Crippen molar-refractivity contribution >= 4 is 37.1 Å². The van der Waals surface area contributed by atoms with Crippen LogP contribution in [-0.4, -0.2) is 49.1 Å². The molecule has 0 aliphatic heterocycles. The molecule has 0 fully saturated rings. The van der Waals surface area contributed by atoms with Gasteiger partial charge in [-0.15, -0.1) is 0 Å². The first kappa shape index (κ1) is 32.6. The third kappa shape index (κ3) is 7.27. The highest BCUT2D eigenvalue weighted by Crippen LogP contribution is 2.51. The Kier molecular flexibility index (Phi) is 11.0. The average molecular weight is 641 g/mol. The van der Waals surface area contributed by atoms with Crippen molar-refractivity contribution in [3.05, 3.63) is 168 Å². The number of nitrogens with zero attached hydrogens (tertiary/aromatic N) is 2. The summed E-state index contributed by atoms with van der Waals surface area (Å²) in [5.41, 5.74) is 1.50. The maximum atomic E-state index is 2.57. The van der Waals surface area contributed by atoms with Crippen molar-refractivity contribution in [3.63, 3.8) is 0 Å². The van der Waals surface area contributed by atoms with Gasteiger partial charge in [0.1, 0.15) is 0 Å². The van der Waals surface area contributed by atoms with Crippen molar-refractivity contribution in [1.82, 2.24) is 9.80 Å². The van der Waals surface area contributed by atoms with E-state index in [1.165, 1.54) is 26.8 Å². The molecule has 0 amide bonds. The van der Waals surface area contributed by atoms with Crippen LogP contribution in [0.5, 0.6) is 0 Å². The Hall–Kier alpha value is -3.38. The van der Waals surface area contributed by atoms with Crippen LogP contribution in [0.3, 0.4) is 0 Å². The van der Waals surface area contributed by atoms with E-state index in [9.17, 15) is 0 Å². The molecule has 2 aliphatic rings. The van der Waals surface area contributed by atoms with E-state index < -0.39 is 15.8 Å². The molecule has 6 rings (SSSR count). The normalized spacial score (nSPS) is 17.5. The summed E-state index contributed by atoms with van der Waals surface area (Å²) in [5.74, 6) is 0.395. The van der Waals surface area contributed by atoms with Crippen molar-refractivity contribution in [2.45, 2.75) is 32.4 Å². The summed E-state index contributed by atoms with van der Waals surface area (Å²) < 4.78 is 0. The quantitative estimate of drug-likeness (QED) is 0.136. The summed E-state index contributed by atoms with van der Waals surface area (Å²) >= 11 is 0. The first-order valence-corrected chi connectivity index (χ1v) is 19.2. The van der Waals surface area contributed by atoms with Gasteiger partial charge in [0, 0.05) is 31.1 Å². The fraction of sp³-hybridized carbons (Fsp3) is 0.238. The van der Waals surface area contributed by atoms with E-state index >= 15 is 0 Å². The lowest BCUT2D eigenvalue weighted by atomic mass is 10.0. The summed E-state index contributed by atoms with van der Waals surface area (Å²) in [5, 5.41) is 8.85. The van der Waals surface area contributed by atoms with Gasteiger partial charge in [-0.05, 0) is 87.6 Å². The van der Waals surface area contributed by atoms with Crippen LogP contribution in [-0.2, 0) is 0 Å². The molecule has 4 heteroatoms. The van der Waals surface area contributed by atoms with Crippen LogP contribution in [0, 0.1) is 5.92 Å². The molecule has 4 aromatic carbocycles. The summed E-state index contributed by atoms with van der Waals surface area (Å²) in [6.07, 6.45) is 12.9. The van der Waals surface area contributed by atoms with Crippen molar-refractivity contribution in [3.8, 4) is 0 Å². The van der Waals surface area contributed by atoms with Crippen molar-refractivity contribution < 1.29 is 0 Å². The van der Waals surface area contributed by atoms with Gasteiger partial charge in [-0.1, -0.05) is 152 Å². The Morgan fingerprint density at radius 1 is 0.630 bits per heavy atom. The second-order valence-corrected chi connectivity index (χ2v) is 16.9. The first-order valence-electron chi connectivity index (χ1n) is 16.5. The Morgan fingerprint density at radius 3 is 1.59 bits per heavy atom. The highest BCUT2D eigenvalue weighted by atomic mass is 31.1. The molecule has 0 spiro atoms. The Balaban J connectivity index is 1.16. The number of rotatable bonds is 13. The van der Waals surface area contributed by atoms with Crippen LogP contribution in [0.2, 0.25) is 0 Å². The van der Waals surface area contributed by atoms with Crippen molar-refractivity contribution in [2.24, 2.45) is 5.92 Å². The Bertz CT molecular complexity index is 1600. The maximum absolute atomic E-state index is 2.57. The number of hydrogen-bond acceptors (Lipinski definition) is 2. The van der Waals surface area contributed by atoms with Crippen LogP contribution >= 0.6 is 15.8 Å². The molecule has 234 valence electrons. The fourth-order valence-electron chi connectivity index (χ4n) is 6.67. The van der Waals surface area contributed by atoms with Gasteiger partial charge >= 0.3 is 0 Å². The van der Waals surface area contributed by atoms with Gasteiger partial charge in [0.2, 0.25) is 0 Å². The highest BCUT2D eigenvalue weighted by molar-refractivity contribution is 7.77. The highest BCUT2D eigenvalue weighted by Gasteiger charge is 2.32. The second-order valence-electron chi connectivity index (χ2n) is 12.4. The molecule has 3 atom stereocenters. The van der Waals surface area contributed by atoms with Crippen molar-refractivity contribution in [2.75, 3.05) is 27.2 Å². The number of allylic oxidation sites excluding steroid dienone is 4. The predicted octanol–water partition coefficient (Wildman–Crippen LogP) is 8.18. The smallest absolute Gasteiger partial charge is 0.0320 e. The second kappa shape index (κ2) is 15.5. The average Bonchev–Trinajstić information content (AvgIpc) is 3.79. The van der Waals surface area contributed by atoms with E-state index in [2.05, 4.69) is 189 Å². The molecule has 0 saturated heterocycles. The molecule has 0 radical (unpaired) electrons. The molecule has 46 heavy (non-hydrogen) atoms. The molecule has 1 unspecified atom stereocenters. The minimum atomic E-state index is -0.587. The Labute approximate surface area is 279 Å². The molecule has 0 saturated carbocycles. The van der Waals surface area contributed by atoms with E-state index in [-0.39, 0.29) is 0 Å². The van der Waals surface area contributed by atoms with E-state index in [1.54, 1.807) is 10.6 Å². The van der Waals surface area contributed by atoms with Gasteiger partial charge in [0.05, 0.1) is 0 Å². The Morgan fingerprint density at radius 2 is 1.09 bits per heavy atom. The molecular weight excluding hydrogens is 594 g/mol. The minimum Gasteiger partial charge on any atom is -0.302 e. The summed E-state index contributed by atoms with van der Waals surface area (Å²) in [7, 11) is 3.46. The lowest BCUT2D eigenvalue weighted by Gasteiger charge is -2.35. The SMILES string of the molecule is C[C@H](C1=C(P(c2ccccc2)c2ccccc2)CC=C1)N(C)CCN(C)[C@H](C)C1C=CC=C1P(c1ccccc1)c1ccccc1. The predicted molar refractivity (Wildman–Crippen MR) is 204 cm³/mol. The van der Waals surface area contributed by atoms with E-state index in [0.29, 0.717) is 18.0 Å². The molecule has 0 bridgehead atoms. The number of hydrogen-bond donors (Lipinski definition) is 0. The summed E-state index contributed by atoms with van der Waals surface area (Å²) in [4.78, 5) is 5.13. The van der Waals surface area contributed by atoms with Gasteiger partial charge in [0.15, 0.2) is 0 Å². The molecule has 2 nitrogen and oxygen atoms in total. The zero-order valence-corrected chi connectivity index (χ0v) is 29.4. The molecule has 4 aromatic rings. The summed E-state index contributed by atoms with van der Waals surface area (Å²) in [6.45, 7) is 6.84. The van der Waals surface area contributed by atoms with Crippen LogP contribution in [0.15, 0.2) is 168 Å². The molecule has 0 heterocycles. The van der Waals surface area contributed by atoms with E-state index in [0.717, 1.165) is 19.5 Å². The third-order valence-corrected chi connectivity index (χ3v) is 14.8. The van der Waals surface area contributed by atoms with E-state index in [4.69, 9.17) is 0 Å². The topological polar surface area (TPSA) is 6.48 Å². The standard InChI is InChI=1S/C42H46N2P2/c1-33(39-27-17-29-41(39)45(35-19-9-5-10-20-35)36-21-11-6-12-22-36)43(3)31-32-44(4)34(2)40-28-18-30-42(40)46(37-23-13-7-14-24-37)38-25-15-8-16-26-38/h5-29,33-34,39H,30-32H2,1-4H3/t33-,34-,39?/m1/s1. The van der Waals surface area contributed by atoms with Gasteiger partial charge in [-0.3, -0.25) is 4.90 Å². The third-order valence-electron chi connectivity index (χ3n) is 9.59.